The highest BCUT2D eigenvalue weighted by Crippen LogP contribution is 2.28. The van der Waals surface area contributed by atoms with Crippen molar-refractivity contribution in [2.75, 3.05) is 6.61 Å². The molecule has 0 aliphatic rings. The number of rotatable bonds is 4. The van der Waals surface area contributed by atoms with E-state index in [4.69, 9.17) is 4.74 Å². The molecule has 0 N–H and O–H groups in total. The van der Waals surface area contributed by atoms with Gasteiger partial charge in [-0.1, -0.05) is 20.8 Å². The molecule has 0 fully saturated rings. The molecule has 94 valence electrons. The van der Waals surface area contributed by atoms with Crippen LogP contribution in [-0.4, -0.2) is 12.4 Å². The number of benzene rings is 1. The van der Waals surface area contributed by atoms with Crippen molar-refractivity contribution in [1.82, 2.24) is 0 Å². The second kappa shape index (κ2) is 5.67. The van der Waals surface area contributed by atoms with Crippen molar-refractivity contribution in [3.63, 3.8) is 0 Å². The molecule has 0 saturated heterocycles. The highest BCUT2D eigenvalue weighted by molar-refractivity contribution is 9.10. The Balaban J connectivity index is 2.88. The van der Waals surface area contributed by atoms with Gasteiger partial charge in [-0.2, -0.15) is 0 Å². The predicted octanol–water partition coefficient (Wildman–Crippen LogP) is 4.47. The molecule has 0 aliphatic heterocycles. The molecule has 2 nitrogen and oxygen atoms in total. The van der Waals surface area contributed by atoms with Gasteiger partial charge in [0.05, 0.1) is 6.61 Å². The fourth-order valence-corrected chi connectivity index (χ4v) is 2.13. The number of hydrogen-bond donors (Lipinski definition) is 0. The summed E-state index contributed by atoms with van der Waals surface area (Å²) < 4.78 is 6.18. The minimum atomic E-state index is 0.00904. The Morgan fingerprint density at radius 2 is 2.00 bits per heavy atom. The van der Waals surface area contributed by atoms with Crippen molar-refractivity contribution < 1.29 is 9.53 Å². The van der Waals surface area contributed by atoms with E-state index in [1.165, 1.54) is 0 Å². The third-order valence-corrected chi connectivity index (χ3v) is 2.90. The smallest absolute Gasteiger partial charge is 0.164 e. The quantitative estimate of drug-likeness (QED) is 0.767. The number of halogens is 1. The molecule has 0 radical (unpaired) electrons. The number of ketones is 1. The normalized spacial score (nSPS) is 11.4. The van der Waals surface area contributed by atoms with E-state index in [0.29, 0.717) is 13.0 Å². The summed E-state index contributed by atoms with van der Waals surface area (Å²) >= 11 is 3.42. The van der Waals surface area contributed by atoms with Gasteiger partial charge in [0, 0.05) is 16.5 Å². The van der Waals surface area contributed by atoms with Gasteiger partial charge < -0.3 is 4.74 Å². The van der Waals surface area contributed by atoms with E-state index in [0.717, 1.165) is 15.8 Å². The maximum Gasteiger partial charge on any atom is 0.164 e. The van der Waals surface area contributed by atoms with Crippen LogP contribution in [0, 0.1) is 5.41 Å². The maximum absolute atomic E-state index is 12.1. The summed E-state index contributed by atoms with van der Waals surface area (Å²) in [5.41, 5.74) is 0.734. The molecule has 3 heteroatoms. The van der Waals surface area contributed by atoms with Crippen molar-refractivity contribution in [1.29, 1.82) is 0 Å². The van der Waals surface area contributed by atoms with E-state index in [-0.39, 0.29) is 11.2 Å². The number of carbonyl (C=O) groups excluding carboxylic acids is 1. The summed E-state index contributed by atoms with van der Waals surface area (Å²) in [7, 11) is 0. The van der Waals surface area contributed by atoms with Crippen LogP contribution < -0.4 is 4.74 Å². The fraction of sp³-hybridized carbons (Fsp3) is 0.500. The molecule has 0 spiro atoms. The lowest BCUT2D eigenvalue weighted by Crippen LogP contribution is -2.13. The highest BCUT2D eigenvalue weighted by Gasteiger charge is 2.19. The van der Waals surface area contributed by atoms with Crippen molar-refractivity contribution in [3.8, 4) is 5.75 Å². The summed E-state index contributed by atoms with van der Waals surface area (Å²) in [5, 5.41) is 0. The average molecular weight is 299 g/mol. The molecule has 1 aromatic carbocycles. The molecule has 0 amide bonds. The van der Waals surface area contributed by atoms with Gasteiger partial charge in [-0.15, -0.1) is 0 Å². The first kappa shape index (κ1) is 14.2. The van der Waals surface area contributed by atoms with Gasteiger partial charge in [-0.3, -0.25) is 4.79 Å². The Morgan fingerprint density at radius 3 is 2.47 bits per heavy atom. The summed E-state index contributed by atoms with van der Waals surface area (Å²) in [6.07, 6.45) is 0.541. The predicted molar refractivity (Wildman–Crippen MR) is 73.7 cm³/mol. The zero-order valence-corrected chi connectivity index (χ0v) is 12.4. The van der Waals surface area contributed by atoms with Crippen LogP contribution in [0.25, 0.3) is 0 Å². The lowest BCUT2D eigenvalue weighted by molar-refractivity contribution is 0.0939. The summed E-state index contributed by atoms with van der Waals surface area (Å²) in [6.45, 7) is 8.75. The van der Waals surface area contributed by atoms with Crippen LogP contribution in [-0.2, 0) is 0 Å². The first-order valence-electron chi connectivity index (χ1n) is 5.79. The fourth-order valence-electron chi connectivity index (χ4n) is 1.56. The Hall–Kier alpha value is -0.830. The van der Waals surface area contributed by atoms with Crippen LogP contribution in [0.5, 0.6) is 5.75 Å². The van der Waals surface area contributed by atoms with E-state index < -0.39 is 0 Å². The van der Waals surface area contributed by atoms with Gasteiger partial charge in [-0.25, -0.2) is 0 Å². The number of carbonyl (C=O) groups is 1. The molecule has 0 bridgehead atoms. The number of ether oxygens (including phenoxy) is 1. The molecule has 0 heterocycles. The largest absolute Gasteiger partial charge is 0.494 e. The van der Waals surface area contributed by atoms with E-state index in [2.05, 4.69) is 36.7 Å². The molecule has 0 unspecified atom stereocenters. The number of hydrogen-bond acceptors (Lipinski definition) is 2. The first-order chi connectivity index (χ1) is 7.83. The minimum Gasteiger partial charge on any atom is -0.494 e. The molecular formula is C14H19BrO2. The Morgan fingerprint density at radius 1 is 1.35 bits per heavy atom. The van der Waals surface area contributed by atoms with Crippen LogP contribution in [0.15, 0.2) is 22.7 Å². The molecule has 1 rings (SSSR count). The van der Waals surface area contributed by atoms with Crippen LogP contribution in [0.1, 0.15) is 44.5 Å². The highest BCUT2D eigenvalue weighted by atomic mass is 79.9. The summed E-state index contributed by atoms with van der Waals surface area (Å²) in [6, 6.07) is 5.51. The standard InChI is InChI=1S/C14H19BrO2/c1-5-17-10-6-7-11(12(15)8-10)13(16)9-14(2,3)4/h6-8H,5,9H2,1-4H3. The molecule has 0 saturated carbocycles. The van der Waals surface area contributed by atoms with Gasteiger partial charge in [-0.05, 0) is 46.5 Å². The minimum absolute atomic E-state index is 0.00904. The van der Waals surface area contributed by atoms with E-state index in [1.807, 2.05) is 25.1 Å². The van der Waals surface area contributed by atoms with Gasteiger partial charge >= 0.3 is 0 Å². The third kappa shape index (κ3) is 4.50. The molecule has 17 heavy (non-hydrogen) atoms. The first-order valence-corrected chi connectivity index (χ1v) is 6.58. The van der Waals surface area contributed by atoms with Crippen molar-refractivity contribution in [2.45, 2.75) is 34.1 Å². The monoisotopic (exact) mass is 298 g/mol. The Bertz CT molecular complexity index is 405. The third-order valence-electron chi connectivity index (χ3n) is 2.24. The molecule has 1 aromatic rings. The van der Waals surface area contributed by atoms with E-state index in [1.54, 1.807) is 0 Å². The lowest BCUT2D eigenvalue weighted by atomic mass is 9.88. The van der Waals surface area contributed by atoms with Crippen LogP contribution in [0.2, 0.25) is 0 Å². The SMILES string of the molecule is CCOc1ccc(C(=O)CC(C)(C)C)c(Br)c1. The topological polar surface area (TPSA) is 26.3 Å². The van der Waals surface area contributed by atoms with Crippen molar-refractivity contribution in [2.24, 2.45) is 5.41 Å². The average Bonchev–Trinajstić information content (AvgIpc) is 2.15. The summed E-state index contributed by atoms with van der Waals surface area (Å²) in [4.78, 5) is 12.1. The van der Waals surface area contributed by atoms with Crippen molar-refractivity contribution >= 4 is 21.7 Å². The lowest BCUT2D eigenvalue weighted by Gasteiger charge is -2.17. The zero-order valence-electron chi connectivity index (χ0n) is 10.8. The van der Waals surface area contributed by atoms with Gasteiger partial charge in [0.1, 0.15) is 5.75 Å². The van der Waals surface area contributed by atoms with Gasteiger partial charge in [0.2, 0.25) is 0 Å². The molecular weight excluding hydrogens is 280 g/mol. The van der Waals surface area contributed by atoms with E-state index in [9.17, 15) is 4.79 Å². The number of Topliss-reactive ketones (excluding diaryl/α,β-unsaturated/α-hetero) is 1. The van der Waals surface area contributed by atoms with Crippen LogP contribution in [0.3, 0.4) is 0 Å². The second-order valence-electron chi connectivity index (χ2n) is 5.24. The Kier molecular flexibility index (Phi) is 4.75. The van der Waals surface area contributed by atoms with Gasteiger partial charge in [0.25, 0.3) is 0 Å². The van der Waals surface area contributed by atoms with Gasteiger partial charge in [0.15, 0.2) is 5.78 Å². The Labute approximate surface area is 111 Å². The zero-order chi connectivity index (χ0) is 13.1. The molecule has 0 aromatic heterocycles. The van der Waals surface area contributed by atoms with Crippen LogP contribution in [0.4, 0.5) is 0 Å². The molecule has 0 aliphatic carbocycles. The second-order valence-corrected chi connectivity index (χ2v) is 6.09. The maximum atomic E-state index is 12.1. The van der Waals surface area contributed by atoms with Crippen molar-refractivity contribution in [3.05, 3.63) is 28.2 Å². The van der Waals surface area contributed by atoms with E-state index >= 15 is 0 Å². The summed E-state index contributed by atoms with van der Waals surface area (Å²) in [5.74, 6) is 0.944. The van der Waals surface area contributed by atoms with Crippen LogP contribution >= 0.6 is 15.9 Å². The molecule has 0 atom stereocenters.